The van der Waals surface area contributed by atoms with Gasteiger partial charge >= 0.3 is 5.97 Å². The summed E-state index contributed by atoms with van der Waals surface area (Å²) in [7, 11) is 0. The molecular formula is C21H21NO4S. The third-order valence-corrected chi connectivity index (χ3v) is 4.58. The first-order valence-corrected chi connectivity index (χ1v) is 9.64. The summed E-state index contributed by atoms with van der Waals surface area (Å²) in [4.78, 5) is 16.5. The lowest BCUT2D eigenvalue weighted by Crippen LogP contribution is -2.14. The summed E-state index contributed by atoms with van der Waals surface area (Å²) >= 11 is 1.49. The van der Waals surface area contributed by atoms with Gasteiger partial charge in [-0.3, -0.25) is 4.79 Å². The van der Waals surface area contributed by atoms with Crippen LogP contribution in [-0.4, -0.2) is 30.8 Å². The van der Waals surface area contributed by atoms with Crippen LogP contribution in [0.15, 0.2) is 60.0 Å². The summed E-state index contributed by atoms with van der Waals surface area (Å²) in [6.07, 6.45) is 0.138. The molecule has 0 aliphatic rings. The number of carbonyl (C=O) groups is 1. The third kappa shape index (κ3) is 5.56. The molecule has 1 heterocycles. The number of thiazole rings is 1. The Balaban J connectivity index is 1.49. The van der Waals surface area contributed by atoms with Crippen molar-refractivity contribution >= 4 is 17.3 Å². The van der Waals surface area contributed by atoms with E-state index in [-0.39, 0.29) is 19.0 Å². The number of aromatic nitrogens is 1. The number of ether oxygens (including phenoxy) is 3. The fourth-order valence-corrected chi connectivity index (χ4v) is 3.32. The fourth-order valence-electron chi connectivity index (χ4n) is 2.47. The zero-order valence-electron chi connectivity index (χ0n) is 15.1. The molecule has 0 bridgehead atoms. The molecule has 3 aromatic rings. The normalized spacial score (nSPS) is 10.4. The van der Waals surface area contributed by atoms with E-state index in [9.17, 15) is 4.79 Å². The molecule has 2 aromatic carbocycles. The van der Waals surface area contributed by atoms with E-state index >= 15 is 0 Å². The number of rotatable bonds is 9. The molecule has 0 fully saturated rings. The maximum Gasteiger partial charge on any atom is 0.312 e. The van der Waals surface area contributed by atoms with Crippen LogP contribution in [0.25, 0.3) is 10.6 Å². The molecule has 1 aromatic heterocycles. The highest BCUT2D eigenvalue weighted by molar-refractivity contribution is 7.13. The number of carbonyl (C=O) groups excluding carboxylic acids is 1. The number of nitrogens with zero attached hydrogens (tertiary/aromatic N) is 1. The van der Waals surface area contributed by atoms with Gasteiger partial charge in [0, 0.05) is 5.38 Å². The van der Waals surface area contributed by atoms with E-state index < -0.39 is 0 Å². The van der Waals surface area contributed by atoms with Gasteiger partial charge in [0.2, 0.25) is 0 Å². The second-order valence-corrected chi connectivity index (χ2v) is 6.49. The minimum absolute atomic E-state index is 0.138. The van der Waals surface area contributed by atoms with E-state index in [2.05, 4.69) is 4.98 Å². The SMILES string of the molecule is CCOc1ccccc1-c1nc(CC(=O)OCCOc2ccccc2)cs1. The van der Waals surface area contributed by atoms with Crippen LogP contribution in [-0.2, 0) is 16.0 Å². The lowest BCUT2D eigenvalue weighted by Gasteiger charge is -2.07. The van der Waals surface area contributed by atoms with Gasteiger partial charge in [-0.25, -0.2) is 4.98 Å². The smallest absolute Gasteiger partial charge is 0.312 e. The van der Waals surface area contributed by atoms with Crippen molar-refractivity contribution in [1.82, 2.24) is 4.98 Å². The Morgan fingerprint density at radius 3 is 2.59 bits per heavy atom. The second kappa shape index (κ2) is 9.73. The van der Waals surface area contributed by atoms with Gasteiger partial charge in [-0.05, 0) is 31.2 Å². The van der Waals surface area contributed by atoms with Crippen molar-refractivity contribution in [3.05, 3.63) is 65.7 Å². The Morgan fingerprint density at radius 1 is 1.00 bits per heavy atom. The summed E-state index contributed by atoms with van der Waals surface area (Å²) in [6, 6.07) is 17.2. The molecule has 0 spiro atoms. The summed E-state index contributed by atoms with van der Waals surface area (Å²) < 4.78 is 16.4. The highest BCUT2D eigenvalue weighted by Gasteiger charge is 2.13. The standard InChI is InChI=1S/C21H21NO4S/c1-2-24-19-11-7-6-10-18(19)21-22-16(15-27-21)14-20(23)26-13-12-25-17-8-4-3-5-9-17/h3-11,15H,2,12-14H2,1H3. The summed E-state index contributed by atoms with van der Waals surface area (Å²) in [5.74, 6) is 1.23. The Labute approximate surface area is 162 Å². The van der Waals surface area contributed by atoms with Gasteiger partial charge in [0.1, 0.15) is 29.7 Å². The Kier molecular flexibility index (Phi) is 6.82. The Hall–Kier alpha value is -2.86. The van der Waals surface area contributed by atoms with Gasteiger partial charge in [0.25, 0.3) is 0 Å². The molecule has 0 aliphatic heterocycles. The lowest BCUT2D eigenvalue weighted by molar-refractivity contribution is -0.143. The molecule has 0 N–H and O–H groups in total. The van der Waals surface area contributed by atoms with Crippen molar-refractivity contribution in [2.24, 2.45) is 0 Å². The van der Waals surface area contributed by atoms with Crippen molar-refractivity contribution < 1.29 is 19.0 Å². The van der Waals surface area contributed by atoms with E-state index in [1.807, 2.05) is 66.9 Å². The second-order valence-electron chi connectivity index (χ2n) is 5.63. The quantitative estimate of drug-likeness (QED) is 0.406. The molecule has 140 valence electrons. The molecule has 3 rings (SSSR count). The molecule has 0 saturated carbocycles. The van der Waals surface area contributed by atoms with Crippen LogP contribution in [0.2, 0.25) is 0 Å². The molecular weight excluding hydrogens is 362 g/mol. The van der Waals surface area contributed by atoms with Crippen LogP contribution in [0, 0.1) is 0 Å². The molecule has 0 radical (unpaired) electrons. The fraction of sp³-hybridized carbons (Fsp3) is 0.238. The van der Waals surface area contributed by atoms with Crippen LogP contribution in [0.3, 0.4) is 0 Å². The van der Waals surface area contributed by atoms with Crippen LogP contribution in [0.5, 0.6) is 11.5 Å². The summed E-state index contributed by atoms with van der Waals surface area (Å²) in [5.41, 5.74) is 1.62. The number of hydrogen-bond acceptors (Lipinski definition) is 6. The molecule has 0 unspecified atom stereocenters. The minimum atomic E-state index is -0.318. The highest BCUT2D eigenvalue weighted by atomic mass is 32.1. The van der Waals surface area contributed by atoms with Crippen molar-refractivity contribution in [2.75, 3.05) is 19.8 Å². The van der Waals surface area contributed by atoms with E-state index in [4.69, 9.17) is 14.2 Å². The lowest BCUT2D eigenvalue weighted by atomic mass is 10.2. The maximum atomic E-state index is 12.0. The minimum Gasteiger partial charge on any atom is -0.493 e. The average Bonchev–Trinajstić information content (AvgIpc) is 3.15. The first kappa shape index (κ1) is 18.9. The number of para-hydroxylation sites is 2. The van der Waals surface area contributed by atoms with Crippen LogP contribution in [0.1, 0.15) is 12.6 Å². The first-order valence-electron chi connectivity index (χ1n) is 8.76. The van der Waals surface area contributed by atoms with E-state index in [0.29, 0.717) is 18.9 Å². The number of benzene rings is 2. The monoisotopic (exact) mass is 383 g/mol. The predicted octanol–water partition coefficient (Wildman–Crippen LogP) is 4.37. The molecule has 0 amide bonds. The number of esters is 1. The molecule has 0 atom stereocenters. The van der Waals surface area contributed by atoms with Gasteiger partial charge in [-0.1, -0.05) is 30.3 Å². The Bertz CT molecular complexity index is 863. The molecule has 5 nitrogen and oxygen atoms in total. The summed E-state index contributed by atoms with van der Waals surface area (Å²) in [5, 5.41) is 2.70. The van der Waals surface area contributed by atoms with Gasteiger partial charge in [0.15, 0.2) is 0 Å². The third-order valence-electron chi connectivity index (χ3n) is 3.65. The zero-order chi connectivity index (χ0) is 18.9. The molecule has 27 heavy (non-hydrogen) atoms. The van der Waals surface area contributed by atoms with Crippen molar-refractivity contribution in [2.45, 2.75) is 13.3 Å². The van der Waals surface area contributed by atoms with Crippen molar-refractivity contribution in [3.8, 4) is 22.1 Å². The van der Waals surface area contributed by atoms with E-state index in [1.54, 1.807) is 0 Å². The number of hydrogen-bond donors (Lipinski definition) is 0. The zero-order valence-corrected chi connectivity index (χ0v) is 15.9. The van der Waals surface area contributed by atoms with Crippen molar-refractivity contribution in [1.29, 1.82) is 0 Å². The van der Waals surface area contributed by atoms with Crippen LogP contribution >= 0.6 is 11.3 Å². The summed E-state index contributed by atoms with van der Waals surface area (Å²) in [6.45, 7) is 3.06. The predicted molar refractivity (Wildman–Crippen MR) is 105 cm³/mol. The molecule has 6 heteroatoms. The Morgan fingerprint density at radius 2 is 1.78 bits per heavy atom. The van der Waals surface area contributed by atoms with E-state index in [1.165, 1.54) is 11.3 Å². The van der Waals surface area contributed by atoms with Gasteiger partial charge in [-0.15, -0.1) is 11.3 Å². The molecule has 0 saturated heterocycles. The topological polar surface area (TPSA) is 57.7 Å². The molecule has 0 aliphatic carbocycles. The maximum absolute atomic E-state index is 12.0. The van der Waals surface area contributed by atoms with E-state index in [0.717, 1.165) is 22.1 Å². The first-order chi connectivity index (χ1) is 13.3. The van der Waals surface area contributed by atoms with Gasteiger partial charge in [0.05, 0.1) is 24.3 Å². The van der Waals surface area contributed by atoms with Crippen LogP contribution in [0.4, 0.5) is 0 Å². The average molecular weight is 383 g/mol. The highest BCUT2D eigenvalue weighted by Crippen LogP contribution is 2.32. The van der Waals surface area contributed by atoms with Gasteiger partial charge in [-0.2, -0.15) is 0 Å². The van der Waals surface area contributed by atoms with Crippen molar-refractivity contribution in [3.63, 3.8) is 0 Å². The largest absolute Gasteiger partial charge is 0.493 e. The van der Waals surface area contributed by atoms with Crippen LogP contribution < -0.4 is 9.47 Å². The van der Waals surface area contributed by atoms with Gasteiger partial charge < -0.3 is 14.2 Å².